The van der Waals surface area contributed by atoms with Crippen LogP contribution in [0.15, 0.2) is 30.0 Å². The number of ether oxygens (including phenoxy) is 1. The summed E-state index contributed by atoms with van der Waals surface area (Å²) in [5, 5.41) is 8.81. The molecule has 0 aliphatic heterocycles. The molecule has 18 heavy (non-hydrogen) atoms. The summed E-state index contributed by atoms with van der Waals surface area (Å²) < 4.78 is 30.9. The molecule has 96 valence electrons. The summed E-state index contributed by atoms with van der Waals surface area (Å²) >= 11 is 0. The van der Waals surface area contributed by atoms with E-state index in [1.807, 2.05) is 0 Å². The molecule has 0 aliphatic rings. The summed E-state index contributed by atoms with van der Waals surface area (Å²) in [5.74, 6) is -4.55. The van der Waals surface area contributed by atoms with Crippen molar-refractivity contribution in [3.8, 4) is 0 Å². The maximum atomic E-state index is 13.3. The Bertz CT molecular complexity index is 509. The molecule has 0 heterocycles. The van der Waals surface area contributed by atoms with E-state index >= 15 is 0 Å². The van der Waals surface area contributed by atoms with Crippen LogP contribution in [-0.4, -0.2) is 23.5 Å². The van der Waals surface area contributed by atoms with Crippen LogP contribution in [0, 0.1) is 11.6 Å². The van der Waals surface area contributed by atoms with Crippen molar-refractivity contribution in [3.63, 3.8) is 0 Å². The molecule has 0 atom stereocenters. The van der Waals surface area contributed by atoms with Crippen LogP contribution in [0.3, 0.4) is 0 Å². The Balaban J connectivity index is 3.18. The number of halogens is 2. The summed E-state index contributed by atoms with van der Waals surface area (Å²) in [6.45, 7) is 1.74. The molecule has 0 saturated heterocycles. The third-order valence-corrected chi connectivity index (χ3v) is 2.02. The van der Waals surface area contributed by atoms with Gasteiger partial charge in [0.15, 0.2) is 0 Å². The maximum absolute atomic E-state index is 13.3. The number of rotatable bonds is 5. The molecule has 6 heteroatoms. The number of ketones is 1. The molecular weight excluding hydrogens is 246 g/mol. The van der Waals surface area contributed by atoms with Gasteiger partial charge in [0.05, 0.1) is 12.2 Å². The minimum Gasteiger partial charge on any atom is -0.500 e. The monoisotopic (exact) mass is 256 g/mol. The van der Waals surface area contributed by atoms with Crippen LogP contribution in [0.1, 0.15) is 17.3 Å². The molecule has 0 spiro atoms. The lowest BCUT2D eigenvalue weighted by molar-refractivity contribution is -0.132. The van der Waals surface area contributed by atoms with Crippen LogP contribution in [0.4, 0.5) is 8.78 Å². The van der Waals surface area contributed by atoms with Crippen LogP contribution in [0.2, 0.25) is 0 Å². The molecular formula is C12H10F2O4. The van der Waals surface area contributed by atoms with Gasteiger partial charge in [-0.05, 0) is 25.1 Å². The average molecular weight is 256 g/mol. The van der Waals surface area contributed by atoms with Crippen LogP contribution >= 0.6 is 0 Å². The lowest BCUT2D eigenvalue weighted by Gasteiger charge is -2.04. The number of Topliss-reactive ketones (excluding diaryl/α,β-unsaturated/α-hetero) is 1. The van der Waals surface area contributed by atoms with E-state index in [-0.39, 0.29) is 6.61 Å². The molecule has 0 bridgehead atoms. The van der Waals surface area contributed by atoms with E-state index in [4.69, 9.17) is 5.11 Å². The SMILES string of the molecule is CCOC=C(C(=O)O)C(=O)c1cc(F)ccc1F. The van der Waals surface area contributed by atoms with Crippen LogP contribution < -0.4 is 0 Å². The number of carboxylic acid groups (broad SMARTS) is 1. The van der Waals surface area contributed by atoms with Gasteiger partial charge < -0.3 is 9.84 Å². The zero-order valence-electron chi connectivity index (χ0n) is 9.44. The van der Waals surface area contributed by atoms with Gasteiger partial charge in [0.1, 0.15) is 23.5 Å². The zero-order chi connectivity index (χ0) is 13.7. The molecule has 4 nitrogen and oxygen atoms in total. The van der Waals surface area contributed by atoms with Crippen LogP contribution in [0.5, 0.6) is 0 Å². The molecule has 1 aromatic rings. The standard InChI is InChI=1S/C12H10F2O4/c1-2-18-6-9(12(16)17)11(15)8-5-7(13)3-4-10(8)14/h3-6H,2H2,1H3,(H,16,17). The smallest absolute Gasteiger partial charge is 0.342 e. The first kappa shape index (κ1) is 13.8. The number of carbonyl (C=O) groups is 2. The third kappa shape index (κ3) is 3.13. The normalized spacial score (nSPS) is 11.2. The number of carboxylic acids is 1. The summed E-state index contributed by atoms with van der Waals surface area (Å²) in [7, 11) is 0. The predicted molar refractivity (Wildman–Crippen MR) is 58.0 cm³/mol. The van der Waals surface area contributed by atoms with Crippen LogP contribution in [0.25, 0.3) is 0 Å². The Morgan fingerprint density at radius 3 is 2.61 bits per heavy atom. The van der Waals surface area contributed by atoms with Crippen molar-refractivity contribution in [1.29, 1.82) is 0 Å². The third-order valence-electron chi connectivity index (χ3n) is 2.02. The molecule has 0 fully saturated rings. The Labute approximate surface area is 101 Å². The van der Waals surface area contributed by atoms with Crippen molar-refractivity contribution in [2.24, 2.45) is 0 Å². The van der Waals surface area contributed by atoms with Gasteiger partial charge in [0, 0.05) is 0 Å². The highest BCUT2D eigenvalue weighted by atomic mass is 19.1. The van der Waals surface area contributed by atoms with Crippen molar-refractivity contribution in [2.45, 2.75) is 6.92 Å². The van der Waals surface area contributed by atoms with Crippen molar-refractivity contribution in [1.82, 2.24) is 0 Å². The summed E-state index contributed by atoms with van der Waals surface area (Å²) in [4.78, 5) is 22.6. The van der Waals surface area contributed by atoms with Gasteiger partial charge in [0.25, 0.3) is 0 Å². The molecule has 0 saturated carbocycles. The largest absolute Gasteiger partial charge is 0.500 e. The fraction of sp³-hybridized carbons (Fsp3) is 0.167. The molecule has 0 aromatic heterocycles. The first-order valence-corrected chi connectivity index (χ1v) is 5.02. The number of benzene rings is 1. The lowest BCUT2D eigenvalue weighted by Crippen LogP contribution is -2.15. The second-order valence-corrected chi connectivity index (χ2v) is 3.25. The van der Waals surface area contributed by atoms with Crippen molar-refractivity contribution in [2.75, 3.05) is 6.61 Å². The number of hydrogen-bond donors (Lipinski definition) is 1. The first-order chi connectivity index (χ1) is 8.47. The Morgan fingerprint density at radius 1 is 1.39 bits per heavy atom. The van der Waals surface area contributed by atoms with E-state index < -0.39 is 34.5 Å². The molecule has 0 aliphatic carbocycles. The molecule has 1 rings (SSSR count). The Kier molecular flexibility index (Phi) is 4.53. The molecule has 0 unspecified atom stereocenters. The summed E-state index contributed by atoms with van der Waals surface area (Å²) in [6, 6.07) is 2.22. The van der Waals surface area contributed by atoms with Crippen molar-refractivity contribution >= 4 is 11.8 Å². The summed E-state index contributed by atoms with van der Waals surface area (Å²) in [5.41, 5.74) is -1.41. The average Bonchev–Trinajstić information content (AvgIpc) is 2.32. The zero-order valence-corrected chi connectivity index (χ0v) is 9.44. The Morgan fingerprint density at radius 2 is 2.06 bits per heavy atom. The highest BCUT2D eigenvalue weighted by Gasteiger charge is 2.23. The van der Waals surface area contributed by atoms with E-state index in [0.29, 0.717) is 6.07 Å². The van der Waals surface area contributed by atoms with Gasteiger partial charge in [-0.2, -0.15) is 0 Å². The van der Waals surface area contributed by atoms with E-state index in [9.17, 15) is 18.4 Å². The van der Waals surface area contributed by atoms with Gasteiger partial charge in [-0.1, -0.05) is 0 Å². The molecule has 1 aromatic carbocycles. The van der Waals surface area contributed by atoms with E-state index in [2.05, 4.69) is 4.74 Å². The van der Waals surface area contributed by atoms with Gasteiger partial charge >= 0.3 is 5.97 Å². The fourth-order valence-corrected chi connectivity index (χ4v) is 1.18. The van der Waals surface area contributed by atoms with Crippen LogP contribution in [-0.2, 0) is 9.53 Å². The quantitative estimate of drug-likeness (QED) is 0.288. The summed E-state index contributed by atoms with van der Waals surface area (Å²) in [6.07, 6.45) is 0.717. The first-order valence-electron chi connectivity index (χ1n) is 5.02. The highest BCUT2D eigenvalue weighted by molar-refractivity contribution is 6.23. The highest BCUT2D eigenvalue weighted by Crippen LogP contribution is 2.15. The van der Waals surface area contributed by atoms with E-state index in [0.717, 1.165) is 18.4 Å². The number of hydrogen-bond acceptors (Lipinski definition) is 3. The molecule has 0 amide bonds. The van der Waals surface area contributed by atoms with Gasteiger partial charge in [-0.15, -0.1) is 0 Å². The lowest BCUT2D eigenvalue weighted by atomic mass is 10.0. The predicted octanol–water partition coefficient (Wildman–Crippen LogP) is 2.15. The topological polar surface area (TPSA) is 63.6 Å². The van der Waals surface area contributed by atoms with Crippen molar-refractivity contribution < 1.29 is 28.2 Å². The Hall–Kier alpha value is -2.24. The molecule has 0 radical (unpaired) electrons. The number of aliphatic carboxylic acids is 1. The minimum atomic E-state index is -1.57. The fourth-order valence-electron chi connectivity index (χ4n) is 1.18. The molecule has 1 N–H and O–H groups in total. The minimum absolute atomic E-state index is 0.149. The van der Waals surface area contributed by atoms with Gasteiger partial charge in [0.2, 0.25) is 5.78 Å². The van der Waals surface area contributed by atoms with Crippen molar-refractivity contribution in [3.05, 3.63) is 47.2 Å². The van der Waals surface area contributed by atoms with E-state index in [1.165, 1.54) is 0 Å². The van der Waals surface area contributed by atoms with E-state index in [1.54, 1.807) is 6.92 Å². The van der Waals surface area contributed by atoms with Gasteiger partial charge in [-0.3, -0.25) is 4.79 Å². The second kappa shape index (κ2) is 5.90. The van der Waals surface area contributed by atoms with Gasteiger partial charge in [-0.25, -0.2) is 13.6 Å². The maximum Gasteiger partial charge on any atom is 0.342 e. The second-order valence-electron chi connectivity index (χ2n) is 3.25. The number of carbonyl (C=O) groups excluding carboxylic acids is 1.